The molecule has 1 aromatic carbocycles. The minimum Gasteiger partial charge on any atom is -0.357 e. The summed E-state index contributed by atoms with van der Waals surface area (Å²) in [6, 6.07) is 8.72. The minimum atomic E-state index is 0. The van der Waals surface area contributed by atoms with Crippen LogP contribution in [0.2, 0.25) is 0 Å². The molecular formula is C17H28IN3S. The Bertz CT molecular complexity index is 502. The second-order valence-corrected chi connectivity index (χ2v) is 7.65. The van der Waals surface area contributed by atoms with Crippen molar-refractivity contribution in [2.45, 2.75) is 37.9 Å². The van der Waals surface area contributed by atoms with Crippen LogP contribution < -0.4 is 10.6 Å². The number of benzene rings is 1. The average Bonchev–Trinajstić information content (AvgIpc) is 2.45. The van der Waals surface area contributed by atoms with Gasteiger partial charge in [0, 0.05) is 23.8 Å². The van der Waals surface area contributed by atoms with Gasteiger partial charge in [0.25, 0.3) is 0 Å². The number of guanidine groups is 1. The molecule has 0 spiro atoms. The highest BCUT2D eigenvalue weighted by Crippen LogP contribution is 2.33. The average molecular weight is 433 g/mol. The normalized spacial score (nSPS) is 17.1. The fraction of sp³-hybridized carbons (Fsp3) is 0.588. The Labute approximate surface area is 156 Å². The number of nitrogens with zero attached hydrogens (tertiary/aromatic N) is 1. The Morgan fingerprint density at radius 1 is 1.32 bits per heavy atom. The van der Waals surface area contributed by atoms with Gasteiger partial charge in [-0.3, -0.25) is 4.99 Å². The van der Waals surface area contributed by atoms with Crippen LogP contribution in [-0.4, -0.2) is 36.6 Å². The number of aliphatic imine (C=N–C) groups is 1. The van der Waals surface area contributed by atoms with Gasteiger partial charge in [0.1, 0.15) is 0 Å². The molecular weight excluding hydrogens is 405 g/mol. The number of hydrogen-bond acceptors (Lipinski definition) is 2. The molecule has 0 aromatic heterocycles. The van der Waals surface area contributed by atoms with E-state index in [1.807, 2.05) is 11.8 Å². The number of hydrogen-bond donors (Lipinski definition) is 2. The van der Waals surface area contributed by atoms with Gasteiger partial charge in [-0.2, -0.15) is 11.8 Å². The minimum absolute atomic E-state index is 0. The van der Waals surface area contributed by atoms with E-state index >= 15 is 0 Å². The van der Waals surface area contributed by atoms with Crippen molar-refractivity contribution in [1.29, 1.82) is 0 Å². The Balaban J connectivity index is 0.00000242. The van der Waals surface area contributed by atoms with Gasteiger partial charge < -0.3 is 10.6 Å². The predicted octanol–water partition coefficient (Wildman–Crippen LogP) is 3.64. The molecule has 0 heterocycles. The lowest BCUT2D eigenvalue weighted by molar-refractivity contribution is 0.582. The molecule has 1 aromatic rings. The SMILES string of the molecule is CCNC(=NCC(C)(C)SC)NCC1Cc2ccccc21.I. The molecule has 0 fully saturated rings. The van der Waals surface area contributed by atoms with Gasteiger partial charge in [-0.05, 0) is 44.6 Å². The topological polar surface area (TPSA) is 36.4 Å². The summed E-state index contributed by atoms with van der Waals surface area (Å²) in [7, 11) is 0. The smallest absolute Gasteiger partial charge is 0.191 e. The van der Waals surface area contributed by atoms with Crippen LogP contribution >= 0.6 is 35.7 Å². The number of nitrogens with one attached hydrogen (secondary N) is 2. The summed E-state index contributed by atoms with van der Waals surface area (Å²) in [5.74, 6) is 1.56. The standard InChI is InChI=1S/C17H27N3S.HI/c1-5-18-16(20-12-17(2,3)21-4)19-11-14-10-13-8-6-7-9-15(13)14;/h6-9,14H,5,10-12H2,1-4H3,(H2,18,19,20);1H. The quantitative estimate of drug-likeness (QED) is 0.409. The lowest BCUT2D eigenvalue weighted by atomic mass is 9.78. The Morgan fingerprint density at radius 3 is 2.68 bits per heavy atom. The molecule has 0 amide bonds. The summed E-state index contributed by atoms with van der Waals surface area (Å²) in [6.45, 7) is 9.25. The van der Waals surface area contributed by atoms with E-state index in [9.17, 15) is 0 Å². The van der Waals surface area contributed by atoms with Crippen LogP contribution in [0.25, 0.3) is 0 Å². The van der Waals surface area contributed by atoms with Gasteiger partial charge >= 0.3 is 0 Å². The number of halogens is 1. The van der Waals surface area contributed by atoms with E-state index in [-0.39, 0.29) is 28.7 Å². The van der Waals surface area contributed by atoms with E-state index in [4.69, 9.17) is 4.99 Å². The first-order valence-corrected chi connectivity index (χ1v) is 8.93. The summed E-state index contributed by atoms with van der Waals surface area (Å²) in [4.78, 5) is 4.72. The first-order chi connectivity index (χ1) is 10.1. The molecule has 5 heteroatoms. The van der Waals surface area contributed by atoms with Crippen molar-refractivity contribution in [1.82, 2.24) is 10.6 Å². The van der Waals surface area contributed by atoms with Crippen LogP contribution in [0.1, 0.15) is 37.8 Å². The third-order valence-electron chi connectivity index (χ3n) is 3.99. The van der Waals surface area contributed by atoms with Crippen molar-refractivity contribution in [2.24, 2.45) is 4.99 Å². The Kier molecular flexibility index (Phi) is 8.03. The monoisotopic (exact) mass is 433 g/mol. The highest BCUT2D eigenvalue weighted by molar-refractivity contribution is 14.0. The van der Waals surface area contributed by atoms with Gasteiger partial charge in [0.2, 0.25) is 0 Å². The third kappa shape index (κ3) is 5.33. The Morgan fingerprint density at radius 2 is 2.05 bits per heavy atom. The largest absolute Gasteiger partial charge is 0.357 e. The van der Waals surface area contributed by atoms with E-state index in [1.54, 1.807) is 0 Å². The molecule has 124 valence electrons. The lowest BCUT2D eigenvalue weighted by Gasteiger charge is -2.30. The molecule has 0 saturated heterocycles. The molecule has 0 saturated carbocycles. The van der Waals surface area contributed by atoms with Crippen molar-refractivity contribution in [3.05, 3.63) is 35.4 Å². The fourth-order valence-corrected chi connectivity index (χ4v) is 2.63. The van der Waals surface area contributed by atoms with Crippen LogP contribution in [0.5, 0.6) is 0 Å². The molecule has 2 N–H and O–H groups in total. The molecule has 22 heavy (non-hydrogen) atoms. The van der Waals surface area contributed by atoms with Crippen molar-refractivity contribution < 1.29 is 0 Å². The third-order valence-corrected chi connectivity index (χ3v) is 5.23. The molecule has 0 aliphatic heterocycles. The number of thioether (sulfide) groups is 1. The van der Waals surface area contributed by atoms with Crippen molar-refractivity contribution in [3.8, 4) is 0 Å². The maximum Gasteiger partial charge on any atom is 0.191 e. The molecule has 1 atom stereocenters. The second kappa shape index (κ2) is 9.01. The van der Waals surface area contributed by atoms with Crippen molar-refractivity contribution >= 4 is 41.7 Å². The van der Waals surface area contributed by atoms with Crippen LogP contribution in [0, 0.1) is 0 Å². The van der Waals surface area contributed by atoms with Crippen LogP contribution in [0.15, 0.2) is 29.3 Å². The zero-order valence-electron chi connectivity index (χ0n) is 14.0. The van der Waals surface area contributed by atoms with E-state index in [1.165, 1.54) is 17.5 Å². The summed E-state index contributed by atoms with van der Waals surface area (Å²) >= 11 is 1.86. The van der Waals surface area contributed by atoms with Crippen LogP contribution in [0.3, 0.4) is 0 Å². The van der Waals surface area contributed by atoms with Gasteiger partial charge in [0.05, 0.1) is 6.54 Å². The number of fused-ring (bicyclic) bond motifs is 1. The van der Waals surface area contributed by atoms with E-state index in [0.717, 1.165) is 25.6 Å². The van der Waals surface area contributed by atoms with E-state index in [2.05, 4.69) is 61.9 Å². The van der Waals surface area contributed by atoms with Crippen LogP contribution in [0.4, 0.5) is 0 Å². The van der Waals surface area contributed by atoms with Gasteiger partial charge in [0.15, 0.2) is 5.96 Å². The fourth-order valence-electron chi connectivity index (χ4n) is 2.44. The second-order valence-electron chi connectivity index (χ2n) is 6.14. The summed E-state index contributed by atoms with van der Waals surface area (Å²) in [5.41, 5.74) is 2.99. The van der Waals surface area contributed by atoms with Crippen molar-refractivity contribution in [3.63, 3.8) is 0 Å². The lowest BCUT2D eigenvalue weighted by Crippen LogP contribution is -2.42. The zero-order chi connectivity index (χ0) is 15.3. The first-order valence-electron chi connectivity index (χ1n) is 7.71. The van der Waals surface area contributed by atoms with Gasteiger partial charge in [-0.25, -0.2) is 0 Å². The summed E-state index contributed by atoms with van der Waals surface area (Å²) in [6.07, 6.45) is 3.32. The molecule has 1 aliphatic carbocycles. The Hall–Kier alpha value is -0.430. The van der Waals surface area contributed by atoms with Gasteiger partial charge in [-0.15, -0.1) is 24.0 Å². The highest BCUT2D eigenvalue weighted by atomic mass is 127. The molecule has 1 unspecified atom stereocenters. The summed E-state index contributed by atoms with van der Waals surface area (Å²) < 4.78 is 0.186. The van der Waals surface area contributed by atoms with E-state index in [0.29, 0.717) is 5.92 Å². The maximum absolute atomic E-state index is 4.72. The zero-order valence-corrected chi connectivity index (χ0v) is 17.1. The van der Waals surface area contributed by atoms with Crippen molar-refractivity contribution in [2.75, 3.05) is 25.9 Å². The molecule has 3 nitrogen and oxygen atoms in total. The summed E-state index contributed by atoms with van der Waals surface area (Å²) in [5, 5.41) is 6.83. The molecule has 1 aliphatic rings. The van der Waals surface area contributed by atoms with Gasteiger partial charge in [-0.1, -0.05) is 24.3 Å². The predicted molar refractivity (Wildman–Crippen MR) is 110 cm³/mol. The highest BCUT2D eigenvalue weighted by Gasteiger charge is 2.25. The van der Waals surface area contributed by atoms with Crippen LogP contribution in [-0.2, 0) is 6.42 Å². The molecule has 0 bridgehead atoms. The molecule has 2 rings (SSSR count). The number of rotatable bonds is 6. The first kappa shape index (κ1) is 19.6. The van der Waals surface area contributed by atoms with E-state index < -0.39 is 0 Å². The maximum atomic E-state index is 4.72. The molecule has 0 radical (unpaired) electrons.